The molecule has 2 aromatic heterocycles. The molecule has 1 aromatic carbocycles. The van der Waals surface area contributed by atoms with Crippen LogP contribution in [0.5, 0.6) is 0 Å². The van der Waals surface area contributed by atoms with Crippen molar-refractivity contribution in [1.29, 1.82) is 0 Å². The second-order valence-corrected chi connectivity index (χ2v) is 7.75. The highest BCUT2D eigenvalue weighted by Crippen LogP contribution is 2.31. The summed E-state index contributed by atoms with van der Waals surface area (Å²) in [6.07, 6.45) is 1.74. The number of nitrogen functional groups attached to an aromatic ring is 1. The second-order valence-electron chi connectivity index (χ2n) is 7.75. The smallest absolute Gasteiger partial charge is 0.228 e. The van der Waals surface area contributed by atoms with Crippen LogP contribution in [0.15, 0.2) is 48.7 Å². The lowest BCUT2D eigenvalue weighted by Crippen LogP contribution is -2.37. The highest BCUT2D eigenvalue weighted by molar-refractivity contribution is 5.76. The van der Waals surface area contributed by atoms with Gasteiger partial charge in [-0.2, -0.15) is 4.98 Å². The Bertz CT molecular complexity index is 1050. The molecule has 0 aliphatic carbocycles. The van der Waals surface area contributed by atoms with Gasteiger partial charge in [0.05, 0.1) is 43.5 Å². The average Bonchev–Trinajstić information content (AvgIpc) is 2.86. The van der Waals surface area contributed by atoms with Crippen LogP contribution in [0, 0.1) is 0 Å². The standard InChI is InChI=1S/C23H27N7O2/c24-21-6-5-17(16-25-21)19-15-22(28-23(27-19)30-9-13-32-14-10-30)26-18-3-1-2-4-20(18)29-7-11-31-12-8-29/h1-6,15-16H,7-14H2,(H2,24,25)(H,26,27,28). The number of rotatable bonds is 5. The molecule has 2 fully saturated rings. The van der Waals surface area contributed by atoms with E-state index < -0.39 is 0 Å². The van der Waals surface area contributed by atoms with Gasteiger partial charge in [0.15, 0.2) is 0 Å². The maximum atomic E-state index is 5.78. The van der Waals surface area contributed by atoms with Gasteiger partial charge < -0.3 is 30.3 Å². The summed E-state index contributed by atoms with van der Waals surface area (Å²) < 4.78 is 11.0. The molecule has 2 saturated heterocycles. The molecule has 0 bridgehead atoms. The molecule has 3 aromatic rings. The van der Waals surface area contributed by atoms with Gasteiger partial charge in [0, 0.05) is 44.0 Å². The maximum Gasteiger partial charge on any atom is 0.228 e. The van der Waals surface area contributed by atoms with Crippen molar-refractivity contribution >= 4 is 29.0 Å². The summed E-state index contributed by atoms with van der Waals surface area (Å²) in [4.78, 5) is 18.4. The molecule has 3 N–H and O–H groups in total. The first-order valence-electron chi connectivity index (χ1n) is 10.9. The van der Waals surface area contributed by atoms with Crippen molar-refractivity contribution < 1.29 is 9.47 Å². The molecule has 0 amide bonds. The van der Waals surface area contributed by atoms with E-state index in [1.165, 1.54) is 0 Å². The van der Waals surface area contributed by atoms with Crippen molar-refractivity contribution in [2.45, 2.75) is 0 Å². The number of nitrogens with zero attached hydrogens (tertiary/aromatic N) is 5. The Morgan fingerprint density at radius 3 is 2.28 bits per heavy atom. The molecule has 9 nitrogen and oxygen atoms in total. The van der Waals surface area contributed by atoms with Crippen molar-refractivity contribution in [2.24, 2.45) is 0 Å². The lowest BCUT2D eigenvalue weighted by Gasteiger charge is -2.31. The van der Waals surface area contributed by atoms with Crippen LogP contribution in [0.2, 0.25) is 0 Å². The quantitative estimate of drug-likeness (QED) is 0.628. The zero-order valence-corrected chi connectivity index (χ0v) is 17.9. The van der Waals surface area contributed by atoms with Gasteiger partial charge in [-0.05, 0) is 24.3 Å². The molecule has 4 heterocycles. The predicted octanol–water partition coefficient (Wildman–Crippen LogP) is 2.54. The van der Waals surface area contributed by atoms with E-state index in [1.54, 1.807) is 12.3 Å². The monoisotopic (exact) mass is 433 g/mol. The van der Waals surface area contributed by atoms with Crippen LogP contribution in [-0.2, 0) is 9.47 Å². The summed E-state index contributed by atoms with van der Waals surface area (Å²) in [7, 11) is 0. The van der Waals surface area contributed by atoms with E-state index in [4.69, 9.17) is 25.2 Å². The van der Waals surface area contributed by atoms with E-state index in [1.807, 2.05) is 18.2 Å². The molecular formula is C23H27N7O2. The number of hydrogen-bond acceptors (Lipinski definition) is 9. The fraction of sp³-hybridized carbons (Fsp3) is 0.348. The van der Waals surface area contributed by atoms with Gasteiger partial charge in [-0.1, -0.05) is 12.1 Å². The zero-order chi connectivity index (χ0) is 21.8. The number of hydrogen-bond donors (Lipinski definition) is 2. The highest BCUT2D eigenvalue weighted by Gasteiger charge is 2.18. The average molecular weight is 434 g/mol. The summed E-state index contributed by atoms with van der Waals surface area (Å²) in [5.41, 5.74) is 9.60. The minimum Gasteiger partial charge on any atom is -0.384 e. The Balaban J connectivity index is 1.50. The molecule has 9 heteroatoms. The highest BCUT2D eigenvalue weighted by atomic mass is 16.5. The fourth-order valence-corrected chi connectivity index (χ4v) is 3.91. The van der Waals surface area contributed by atoms with Gasteiger partial charge in [0.1, 0.15) is 11.6 Å². The van der Waals surface area contributed by atoms with E-state index >= 15 is 0 Å². The van der Waals surface area contributed by atoms with E-state index in [2.05, 4.69) is 38.3 Å². The number of para-hydroxylation sites is 2. The van der Waals surface area contributed by atoms with Crippen molar-refractivity contribution in [2.75, 3.05) is 73.5 Å². The molecule has 2 aliphatic rings. The lowest BCUT2D eigenvalue weighted by atomic mass is 10.2. The molecule has 0 saturated carbocycles. The number of aromatic nitrogens is 3. The predicted molar refractivity (Wildman–Crippen MR) is 125 cm³/mol. The van der Waals surface area contributed by atoms with Gasteiger partial charge in [-0.25, -0.2) is 9.97 Å². The molecule has 0 spiro atoms. The molecule has 0 atom stereocenters. The molecule has 0 radical (unpaired) electrons. The van der Waals surface area contributed by atoms with Crippen LogP contribution in [0.4, 0.5) is 29.0 Å². The molecule has 5 rings (SSSR count). The van der Waals surface area contributed by atoms with Crippen LogP contribution < -0.4 is 20.9 Å². The number of anilines is 5. The van der Waals surface area contributed by atoms with Gasteiger partial charge in [0.2, 0.25) is 5.95 Å². The first-order valence-corrected chi connectivity index (χ1v) is 10.9. The molecular weight excluding hydrogens is 406 g/mol. The van der Waals surface area contributed by atoms with Gasteiger partial charge in [0.25, 0.3) is 0 Å². The zero-order valence-electron chi connectivity index (χ0n) is 17.9. The number of morpholine rings is 2. The third kappa shape index (κ3) is 4.58. The number of ether oxygens (including phenoxy) is 2. The third-order valence-corrected chi connectivity index (χ3v) is 5.61. The van der Waals surface area contributed by atoms with Crippen LogP contribution >= 0.6 is 0 Å². The fourth-order valence-electron chi connectivity index (χ4n) is 3.91. The number of nitrogens with two attached hydrogens (primary N) is 1. The van der Waals surface area contributed by atoms with Crippen LogP contribution in [-0.4, -0.2) is 67.6 Å². The molecule has 32 heavy (non-hydrogen) atoms. The Kier molecular flexibility index (Phi) is 6.00. The third-order valence-electron chi connectivity index (χ3n) is 5.61. The maximum absolute atomic E-state index is 5.78. The summed E-state index contributed by atoms with van der Waals surface area (Å²) in [5, 5.41) is 3.53. The van der Waals surface area contributed by atoms with Gasteiger partial charge in [-0.15, -0.1) is 0 Å². The van der Waals surface area contributed by atoms with Crippen molar-refractivity contribution in [3.05, 3.63) is 48.7 Å². The lowest BCUT2D eigenvalue weighted by molar-refractivity contribution is 0.122. The number of pyridine rings is 1. The van der Waals surface area contributed by atoms with Crippen LogP contribution in [0.1, 0.15) is 0 Å². The summed E-state index contributed by atoms with van der Waals surface area (Å²) in [6, 6.07) is 14.0. The van der Waals surface area contributed by atoms with Crippen LogP contribution in [0.25, 0.3) is 11.3 Å². The number of benzene rings is 1. The Hall–Kier alpha value is -3.43. The number of nitrogens with one attached hydrogen (secondary N) is 1. The Labute approximate surface area is 187 Å². The second kappa shape index (κ2) is 9.37. The minimum absolute atomic E-state index is 0.481. The SMILES string of the molecule is Nc1ccc(-c2cc(Nc3ccccc3N3CCOCC3)nc(N3CCOCC3)n2)cn1. The molecule has 0 unspecified atom stereocenters. The largest absolute Gasteiger partial charge is 0.384 e. The van der Waals surface area contributed by atoms with Crippen molar-refractivity contribution in [3.63, 3.8) is 0 Å². The van der Waals surface area contributed by atoms with E-state index in [0.717, 1.165) is 67.8 Å². The van der Waals surface area contributed by atoms with Crippen molar-refractivity contribution in [3.8, 4) is 11.3 Å². The normalized spacial score (nSPS) is 16.8. The van der Waals surface area contributed by atoms with E-state index in [9.17, 15) is 0 Å². The van der Waals surface area contributed by atoms with E-state index in [-0.39, 0.29) is 0 Å². The first-order chi connectivity index (χ1) is 15.8. The molecule has 2 aliphatic heterocycles. The summed E-state index contributed by atoms with van der Waals surface area (Å²) in [5.74, 6) is 1.89. The van der Waals surface area contributed by atoms with Crippen molar-refractivity contribution in [1.82, 2.24) is 15.0 Å². The summed E-state index contributed by atoms with van der Waals surface area (Å²) in [6.45, 7) is 6.04. The summed E-state index contributed by atoms with van der Waals surface area (Å²) >= 11 is 0. The Morgan fingerprint density at radius 1 is 0.844 bits per heavy atom. The van der Waals surface area contributed by atoms with Gasteiger partial charge >= 0.3 is 0 Å². The van der Waals surface area contributed by atoms with Gasteiger partial charge in [-0.3, -0.25) is 0 Å². The first kappa shape index (κ1) is 20.5. The minimum atomic E-state index is 0.481. The van der Waals surface area contributed by atoms with Crippen LogP contribution in [0.3, 0.4) is 0 Å². The topological polar surface area (TPSA) is 102 Å². The Morgan fingerprint density at radius 2 is 1.56 bits per heavy atom. The van der Waals surface area contributed by atoms with E-state index in [0.29, 0.717) is 25.0 Å². The molecule has 166 valence electrons.